The third-order valence-corrected chi connectivity index (χ3v) is 5.88. The molecule has 29 heavy (non-hydrogen) atoms. The number of amides is 1. The number of aryl methyl sites for hydroxylation is 1. The van der Waals surface area contributed by atoms with Gasteiger partial charge in [0.15, 0.2) is 5.82 Å². The molecule has 13 heteroatoms. The van der Waals surface area contributed by atoms with Crippen LogP contribution >= 0.6 is 11.6 Å². The van der Waals surface area contributed by atoms with Crippen LogP contribution in [0.25, 0.3) is 0 Å². The quantitative estimate of drug-likeness (QED) is 0.332. The summed E-state index contributed by atoms with van der Waals surface area (Å²) in [7, 11) is -2.77. The fraction of sp³-hybridized carbons (Fsp3) is 0.375. The topological polar surface area (TPSA) is 145 Å². The standard InChI is InChI=1S/C16H19ClN4O7S/c1-11-8-15(19-28-11)18-16(22)10-20(6-3-7-27-2)29(25,26)12-4-5-13(17)14(9-12)21(23)24/h4-5,8-9H,3,6-7,10H2,1-2H3,(H,18,19,22). The van der Waals surface area contributed by atoms with Crippen LogP contribution in [0.1, 0.15) is 12.2 Å². The molecule has 0 unspecified atom stereocenters. The number of aromatic nitrogens is 1. The van der Waals surface area contributed by atoms with Gasteiger partial charge in [-0.25, -0.2) is 8.42 Å². The van der Waals surface area contributed by atoms with Gasteiger partial charge in [0.1, 0.15) is 10.8 Å². The molecule has 1 amide bonds. The number of nitro groups is 1. The van der Waals surface area contributed by atoms with Crippen molar-refractivity contribution in [3.8, 4) is 0 Å². The van der Waals surface area contributed by atoms with Crippen molar-refractivity contribution in [2.75, 3.05) is 32.1 Å². The molecule has 1 aromatic heterocycles. The Morgan fingerprint density at radius 1 is 1.41 bits per heavy atom. The maximum atomic E-state index is 13.0. The van der Waals surface area contributed by atoms with Crippen molar-refractivity contribution in [3.63, 3.8) is 0 Å². The fourth-order valence-electron chi connectivity index (χ4n) is 2.38. The first-order chi connectivity index (χ1) is 13.6. The summed E-state index contributed by atoms with van der Waals surface area (Å²) in [6.45, 7) is 1.32. The van der Waals surface area contributed by atoms with E-state index < -0.39 is 33.1 Å². The number of halogens is 1. The molecule has 0 aliphatic rings. The monoisotopic (exact) mass is 446 g/mol. The number of sulfonamides is 1. The number of carbonyl (C=O) groups excluding carboxylic acids is 1. The van der Waals surface area contributed by atoms with Crippen LogP contribution in [0.5, 0.6) is 0 Å². The minimum atomic E-state index is -4.23. The minimum absolute atomic E-state index is 0.0438. The number of anilines is 1. The lowest BCUT2D eigenvalue weighted by Crippen LogP contribution is -2.39. The molecule has 1 aromatic carbocycles. The van der Waals surface area contributed by atoms with E-state index in [-0.39, 0.29) is 28.9 Å². The molecule has 0 bridgehead atoms. The maximum Gasteiger partial charge on any atom is 0.289 e. The van der Waals surface area contributed by atoms with Crippen LogP contribution < -0.4 is 5.32 Å². The lowest BCUT2D eigenvalue weighted by Gasteiger charge is -2.21. The van der Waals surface area contributed by atoms with Crippen LogP contribution in [-0.2, 0) is 19.6 Å². The van der Waals surface area contributed by atoms with E-state index in [4.69, 9.17) is 20.9 Å². The number of nitro benzene ring substituents is 1. The highest BCUT2D eigenvalue weighted by atomic mass is 35.5. The van der Waals surface area contributed by atoms with Crippen molar-refractivity contribution in [1.82, 2.24) is 9.46 Å². The van der Waals surface area contributed by atoms with Gasteiger partial charge in [-0.3, -0.25) is 14.9 Å². The minimum Gasteiger partial charge on any atom is -0.385 e. The van der Waals surface area contributed by atoms with E-state index in [1.54, 1.807) is 6.92 Å². The molecule has 1 heterocycles. The Balaban J connectivity index is 2.28. The summed E-state index contributed by atoms with van der Waals surface area (Å²) in [5.74, 6) is -0.0371. The van der Waals surface area contributed by atoms with Gasteiger partial charge in [-0.05, 0) is 25.5 Å². The number of benzene rings is 1. The van der Waals surface area contributed by atoms with Gasteiger partial charge in [-0.1, -0.05) is 16.8 Å². The highest BCUT2D eigenvalue weighted by Gasteiger charge is 2.29. The number of hydrogen-bond acceptors (Lipinski definition) is 8. The zero-order valence-electron chi connectivity index (χ0n) is 15.6. The Labute approximate surface area is 171 Å². The fourth-order valence-corrected chi connectivity index (χ4v) is 4.02. The average molecular weight is 447 g/mol. The lowest BCUT2D eigenvalue weighted by molar-refractivity contribution is -0.384. The van der Waals surface area contributed by atoms with Crippen molar-refractivity contribution in [1.29, 1.82) is 0 Å². The van der Waals surface area contributed by atoms with Gasteiger partial charge in [0.2, 0.25) is 15.9 Å². The molecule has 0 radical (unpaired) electrons. The zero-order chi connectivity index (χ0) is 21.6. The number of hydrogen-bond donors (Lipinski definition) is 1. The van der Waals surface area contributed by atoms with Crippen molar-refractivity contribution in [2.45, 2.75) is 18.2 Å². The molecule has 0 aliphatic heterocycles. The van der Waals surface area contributed by atoms with Crippen molar-refractivity contribution in [2.24, 2.45) is 0 Å². The number of nitrogens with one attached hydrogen (secondary N) is 1. The van der Waals surface area contributed by atoms with Crippen molar-refractivity contribution < 1.29 is 27.4 Å². The van der Waals surface area contributed by atoms with Crippen LogP contribution in [0, 0.1) is 17.0 Å². The average Bonchev–Trinajstić information content (AvgIpc) is 3.05. The summed E-state index contributed by atoms with van der Waals surface area (Å²) < 4.78 is 36.7. The number of nitrogens with zero attached hydrogens (tertiary/aromatic N) is 3. The summed E-state index contributed by atoms with van der Waals surface area (Å²) in [6.07, 6.45) is 0.307. The van der Waals surface area contributed by atoms with Crippen LogP contribution in [-0.4, -0.2) is 55.5 Å². The number of ether oxygens (including phenoxy) is 1. The first kappa shape index (κ1) is 22.7. The highest BCUT2D eigenvalue weighted by Crippen LogP contribution is 2.28. The van der Waals surface area contributed by atoms with Gasteiger partial charge in [-0.2, -0.15) is 4.31 Å². The second-order valence-corrected chi connectivity index (χ2v) is 8.27. The summed E-state index contributed by atoms with van der Waals surface area (Å²) >= 11 is 5.75. The maximum absolute atomic E-state index is 13.0. The Morgan fingerprint density at radius 2 is 2.14 bits per heavy atom. The third-order valence-electron chi connectivity index (χ3n) is 3.72. The zero-order valence-corrected chi connectivity index (χ0v) is 17.2. The van der Waals surface area contributed by atoms with E-state index in [2.05, 4.69) is 10.5 Å². The molecule has 1 N–H and O–H groups in total. The van der Waals surface area contributed by atoms with Crippen LogP contribution in [0.4, 0.5) is 11.5 Å². The summed E-state index contributed by atoms with van der Waals surface area (Å²) in [6, 6.07) is 4.61. The molecule has 158 valence electrons. The second-order valence-electron chi connectivity index (χ2n) is 5.93. The van der Waals surface area contributed by atoms with E-state index in [1.807, 2.05) is 0 Å². The van der Waals surface area contributed by atoms with E-state index in [0.29, 0.717) is 12.2 Å². The Hall–Kier alpha value is -2.54. The molecular formula is C16H19ClN4O7S. The first-order valence-electron chi connectivity index (χ1n) is 8.31. The van der Waals surface area contributed by atoms with Gasteiger partial charge in [-0.15, -0.1) is 0 Å². The SMILES string of the molecule is COCCCN(CC(=O)Nc1cc(C)on1)S(=O)(=O)c1ccc(Cl)c([N+](=O)[O-])c1. The van der Waals surface area contributed by atoms with Gasteiger partial charge >= 0.3 is 0 Å². The first-order valence-corrected chi connectivity index (χ1v) is 10.1. The highest BCUT2D eigenvalue weighted by molar-refractivity contribution is 7.89. The number of methoxy groups -OCH3 is 1. The summed E-state index contributed by atoms with van der Waals surface area (Å²) in [4.78, 5) is 22.3. The van der Waals surface area contributed by atoms with Gasteiger partial charge in [0.05, 0.1) is 16.4 Å². The van der Waals surface area contributed by atoms with E-state index in [1.165, 1.54) is 13.2 Å². The molecule has 2 aromatic rings. The third kappa shape index (κ3) is 5.97. The normalized spacial score (nSPS) is 11.6. The molecule has 0 saturated carbocycles. The smallest absolute Gasteiger partial charge is 0.289 e. The predicted octanol–water partition coefficient (Wildman–Crippen LogP) is 2.21. The molecule has 0 atom stereocenters. The van der Waals surface area contributed by atoms with E-state index >= 15 is 0 Å². The van der Waals surface area contributed by atoms with E-state index in [9.17, 15) is 23.3 Å². The molecule has 2 rings (SSSR count). The summed E-state index contributed by atoms with van der Waals surface area (Å²) in [5, 5.41) is 16.9. The Bertz CT molecular complexity index is 993. The molecule has 0 fully saturated rings. The van der Waals surface area contributed by atoms with Crippen LogP contribution in [0.15, 0.2) is 33.7 Å². The molecule has 0 saturated heterocycles. The van der Waals surface area contributed by atoms with Crippen molar-refractivity contribution >= 4 is 39.0 Å². The van der Waals surface area contributed by atoms with Gasteiger partial charge in [0.25, 0.3) is 5.69 Å². The number of carbonyl (C=O) groups is 1. The second kappa shape index (κ2) is 9.78. The van der Waals surface area contributed by atoms with E-state index in [0.717, 1.165) is 22.5 Å². The molecule has 11 nitrogen and oxygen atoms in total. The molecule has 0 aliphatic carbocycles. The Kier molecular flexibility index (Phi) is 7.67. The lowest BCUT2D eigenvalue weighted by atomic mass is 10.3. The largest absolute Gasteiger partial charge is 0.385 e. The Morgan fingerprint density at radius 3 is 2.72 bits per heavy atom. The molecule has 0 spiro atoms. The van der Waals surface area contributed by atoms with Gasteiger partial charge < -0.3 is 14.6 Å². The summed E-state index contributed by atoms with van der Waals surface area (Å²) in [5.41, 5.74) is -0.549. The van der Waals surface area contributed by atoms with Crippen molar-refractivity contribution in [3.05, 3.63) is 45.2 Å². The predicted molar refractivity (Wildman–Crippen MR) is 103 cm³/mol. The number of rotatable bonds is 10. The molecular weight excluding hydrogens is 428 g/mol. The van der Waals surface area contributed by atoms with Crippen LogP contribution in [0.2, 0.25) is 5.02 Å². The van der Waals surface area contributed by atoms with Gasteiger partial charge in [0, 0.05) is 32.4 Å². The van der Waals surface area contributed by atoms with Crippen LogP contribution in [0.3, 0.4) is 0 Å².